The van der Waals surface area contributed by atoms with Crippen molar-refractivity contribution in [2.75, 3.05) is 6.61 Å². The Kier molecular flexibility index (Phi) is 9.89. The van der Waals surface area contributed by atoms with Crippen molar-refractivity contribution in [1.29, 1.82) is 0 Å². The van der Waals surface area contributed by atoms with Gasteiger partial charge in [0.1, 0.15) is 5.75 Å². The first-order valence-electron chi connectivity index (χ1n) is 12.0. The summed E-state index contributed by atoms with van der Waals surface area (Å²) in [6, 6.07) is 28.1. The highest BCUT2D eigenvalue weighted by Gasteiger charge is 2.34. The quantitative estimate of drug-likeness (QED) is 0.238. The summed E-state index contributed by atoms with van der Waals surface area (Å²) in [5.41, 5.74) is 0. The number of rotatable bonds is 13. The molecule has 3 aromatic rings. The Morgan fingerprint density at radius 2 is 1.15 bits per heavy atom. The standard InChI is InChI=1S/C29H36O3S/c1-3-4-5-6-7-8-15-24-31-26-20-22-29(23-21-26)33(32-25(2)30,27-16-11-9-12-17-27)28-18-13-10-14-19-28/h9-14,16-23H,3-8,15,24H2,1-2H3. The molecule has 0 radical (unpaired) electrons. The molecule has 0 saturated carbocycles. The van der Waals surface area contributed by atoms with E-state index in [4.69, 9.17) is 8.92 Å². The topological polar surface area (TPSA) is 35.5 Å². The highest BCUT2D eigenvalue weighted by atomic mass is 32.3. The number of carbonyl (C=O) groups is 1. The number of unbranched alkanes of at least 4 members (excludes halogenated alkanes) is 6. The van der Waals surface area contributed by atoms with Crippen LogP contribution in [-0.4, -0.2) is 12.6 Å². The average molecular weight is 465 g/mol. The van der Waals surface area contributed by atoms with E-state index < -0.39 is 10.3 Å². The van der Waals surface area contributed by atoms with E-state index in [-0.39, 0.29) is 5.97 Å². The monoisotopic (exact) mass is 464 g/mol. The third kappa shape index (κ3) is 6.88. The van der Waals surface area contributed by atoms with Gasteiger partial charge in [0, 0.05) is 21.6 Å². The molecule has 3 aromatic carbocycles. The summed E-state index contributed by atoms with van der Waals surface area (Å²) in [7, 11) is -2.19. The summed E-state index contributed by atoms with van der Waals surface area (Å²) >= 11 is 0. The molecule has 0 fully saturated rings. The van der Waals surface area contributed by atoms with Gasteiger partial charge in [-0.25, -0.2) is 0 Å². The van der Waals surface area contributed by atoms with Crippen LogP contribution < -0.4 is 4.74 Å². The van der Waals surface area contributed by atoms with Crippen molar-refractivity contribution in [2.45, 2.75) is 73.5 Å². The lowest BCUT2D eigenvalue weighted by atomic mass is 10.1. The van der Waals surface area contributed by atoms with E-state index in [2.05, 4.69) is 6.92 Å². The van der Waals surface area contributed by atoms with Crippen molar-refractivity contribution in [3.63, 3.8) is 0 Å². The zero-order chi connectivity index (χ0) is 23.4. The zero-order valence-corrected chi connectivity index (χ0v) is 20.7. The van der Waals surface area contributed by atoms with Crippen LogP contribution in [0.5, 0.6) is 5.75 Å². The van der Waals surface area contributed by atoms with Crippen LogP contribution in [0.2, 0.25) is 0 Å². The van der Waals surface area contributed by atoms with E-state index in [1.54, 1.807) is 0 Å². The molecule has 0 heterocycles. The number of hydrogen-bond acceptors (Lipinski definition) is 3. The molecule has 4 heteroatoms. The zero-order valence-electron chi connectivity index (χ0n) is 19.9. The maximum Gasteiger partial charge on any atom is 0.313 e. The lowest BCUT2D eigenvalue weighted by molar-refractivity contribution is -0.131. The molecule has 0 aromatic heterocycles. The minimum absolute atomic E-state index is 0.294. The van der Waals surface area contributed by atoms with Crippen molar-refractivity contribution in [3.05, 3.63) is 84.9 Å². The summed E-state index contributed by atoms with van der Waals surface area (Å²) in [4.78, 5) is 15.3. The Labute approximate surface area is 200 Å². The molecule has 0 spiro atoms. The van der Waals surface area contributed by atoms with E-state index >= 15 is 0 Å². The van der Waals surface area contributed by atoms with Gasteiger partial charge < -0.3 is 8.92 Å². The van der Waals surface area contributed by atoms with E-state index in [0.29, 0.717) is 0 Å². The van der Waals surface area contributed by atoms with Crippen LogP contribution >= 0.6 is 10.3 Å². The van der Waals surface area contributed by atoms with Gasteiger partial charge in [0.25, 0.3) is 0 Å². The van der Waals surface area contributed by atoms with Crippen LogP contribution in [0.25, 0.3) is 0 Å². The van der Waals surface area contributed by atoms with Crippen LogP contribution in [0.1, 0.15) is 58.8 Å². The first-order chi connectivity index (χ1) is 16.2. The fourth-order valence-corrected chi connectivity index (χ4v) is 6.99. The van der Waals surface area contributed by atoms with Crippen LogP contribution in [-0.2, 0) is 8.98 Å². The van der Waals surface area contributed by atoms with Crippen molar-refractivity contribution in [1.82, 2.24) is 0 Å². The van der Waals surface area contributed by atoms with Crippen molar-refractivity contribution in [2.24, 2.45) is 0 Å². The van der Waals surface area contributed by atoms with Gasteiger partial charge in [0.2, 0.25) is 0 Å². The highest BCUT2D eigenvalue weighted by molar-refractivity contribution is 8.30. The van der Waals surface area contributed by atoms with E-state index in [1.807, 2.05) is 84.9 Å². The fraction of sp³-hybridized carbons (Fsp3) is 0.345. The molecule has 0 aliphatic rings. The van der Waals surface area contributed by atoms with Gasteiger partial charge in [0.15, 0.2) is 0 Å². The molecule has 0 aliphatic heterocycles. The average Bonchev–Trinajstić information content (AvgIpc) is 2.85. The molecular weight excluding hydrogens is 428 g/mol. The second-order valence-corrected chi connectivity index (χ2v) is 10.9. The van der Waals surface area contributed by atoms with Gasteiger partial charge in [-0.1, -0.05) is 81.8 Å². The molecule has 0 unspecified atom stereocenters. The normalized spacial score (nSPS) is 11.7. The first-order valence-corrected chi connectivity index (χ1v) is 13.6. The highest BCUT2D eigenvalue weighted by Crippen LogP contribution is 2.69. The first kappa shape index (κ1) is 24.9. The van der Waals surface area contributed by atoms with Crippen LogP contribution in [0, 0.1) is 0 Å². The van der Waals surface area contributed by atoms with Crippen molar-refractivity contribution in [3.8, 4) is 5.75 Å². The van der Waals surface area contributed by atoms with Gasteiger partial charge in [-0.15, -0.1) is 0 Å². The molecule has 3 rings (SSSR count). The molecule has 0 amide bonds. The second-order valence-electron chi connectivity index (χ2n) is 8.20. The van der Waals surface area contributed by atoms with Gasteiger partial charge in [-0.3, -0.25) is 4.79 Å². The lowest BCUT2D eigenvalue weighted by Gasteiger charge is -2.39. The van der Waals surface area contributed by atoms with Gasteiger partial charge in [-0.2, -0.15) is 0 Å². The maximum atomic E-state index is 12.3. The third-order valence-corrected chi connectivity index (χ3v) is 8.86. The van der Waals surface area contributed by atoms with E-state index in [1.165, 1.54) is 45.4 Å². The summed E-state index contributed by atoms with van der Waals surface area (Å²) in [6.45, 7) is 4.45. The molecule has 0 saturated heterocycles. The van der Waals surface area contributed by atoms with Gasteiger partial charge >= 0.3 is 5.97 Å². The van der Waals surface area contributed by atoms with Gasteiger partial charge in [0.05, 0.1) is 6.61 Å². The number of carbonyl (C=O) groups excluding carboxylic acids is 1. The minimum Gasteiger partial charge on any atom is -0.494 e. The van der Waals surface area contributed by atoms with Crippen LogP contribution in [0.15, 0.2) is 99.6 Å². The summed E-state index contributed by atoms with van der Waals surface area (Å²) in [5.74, 6) is 0.555. The second kappa shape index (κ2) is 13.1. The summed E-state index contributed by atoms with van der Waals surface area (Å²) < 4.78 is 12.2. The summed E-state index contributed by atoms with van der Waals surface area (Å²) in [5, 5.41) is 0. The lowest BCUT2D eigenvalue weighted by Crippen LogP contribution is -2.11. The van der Waals surface area contributed by atoms with Crippen LogP contribution in [0.4, 0.5) is 0 Å². The number of benzene rings is 3. The predicted molar refractivity (Wildman–Crippen MR) is 137 cm³/mol. The molecule has 0 bridgehead atoms. The largest absolute Gasteiger partial charge is 0.494 e. The Morgan fingerprint density at radius 1 is 0.667 bits per heavy atom. The molecular formula is C29H36O3S. The smallest absolute Gasteiger partial charge is 0.313 e. The Balaban J connectivity index is 1.77. The molecule has 33 heavy (non-hydrogen) atoms. The third-order valence-electron chi connectivity index (χ3n) is 5.56. The van der Waals surface area contributed by atoms with E-state index in [9.17, 15) is 4.79 Å². The molecule has 176 valence electrons. The molecule has 0 aliphatic carbocycles. The number of hydrogen-bond donors (Lipinski definition) is 0. The van der Waals surface area contributed by atoms with E-state index in [0.717, 1.165) is 33.5 Å². The maximum absolute atomic E-state index is 12.3. The molecule has 3 nitrogen and oxygen atoms in total. The van der Waals surface area contributed by atoms with Crippen LogP contribution in [0.3, 0.4) is 0 Å². The Bertz CT molecular complexity index is 916. The molecule has 0 atom stereocenters. The summed E-state index contributed by atoms with van der Waals surface area (Å²) in [6.07, 6.45) is 8.86. The fourth-order valence-electron chi connectivity index (χ4n) is 3.93. The van der Waals surface area contributed by atoms with Crippen molar-refractivity contribution < 1.29 is 13.7 Å². The Hall–Kier alpha value is -2.72. The van der Waals surface area contributed by atoms with Crippen molar-refractivity contribution >= 4 is 16.3 Å². The predicted octanol–water partition coefficient (Wildman–Crippen LogP) is 8.58. The SMILES string of the molecule is CCCCCCCCCOc1ccc(S(OC(C)=O)(c2ccccc2)c2ccccc2)cc1. The molecule has 0 N–H and O–H groups in total. The van der Waals surface area contributed by atoms with Gasteiger partial charge in [-0.05, 0) is 65.3 Å². The Morgan fingerprint density at radius 3 is 1.67 bits per heavy atom. The number of ether oxygens (including phenoxy) is 1. The minimum atomic E-state index is -2.19.